The van der Waals surface area contributed by atoms with E-state index in [2.05, 4.69) is 50.2 Å². The minimum atomic E-state index is -0.625. The first-order chi connectivity index (χ1) is 16.3. The lowest BCUT2D eigenvalue weighted by Gasteiger charge is -2.20. The predicted molar refractivity (Wildman–Crippen MR) is 147 cm³/mol. The molecule has 2 amide bonds. The van der Waals surface area contributed by atoms with E-state index < -0.39 is 5.83 Å². The Morgan fingerprint density at radius 2 is 1.89 bits per heavy atom. The fraction of sp³-hybridized carbons (Fsp3) is 0.481. The van der Waals surface area contributed by atoms with Crippen LogP contribution in [0, 0.1) is 17.3 Å². The molecular weight excluding hydrogens is 488 g/mol. The molecule has 0 spiro atoms. The average Bonchev–Trinajstić information content (AvgIpc) is 3.16. The third kappa shape index (κ3) is 15.5. The first-order valence-corrected chi connectivity index (χ1v) is 12.4. The molecular formula is C27H40Cl2FN3O2. The molecule has 0 unspecified atom stereocenters. The third-order valence-electron chi connectivity index (χ3n) is 4.53. The van der Waals surface area contributed by atoms with E-state index >= 15 is 0 Å². The lowest BCUT2D eigenvalue weighted by atomic mass is 9.86. The Morgan fingerprint density at radius 3 is 2.43 bits per heavy atom. The van der Waals surface area contributed by atoms with Crippen LogP contribution in [-0.4, -0.2) is 31.4 Å². The van der Waals surface area contributed by atoms with E-state index in [4.69, 9.17) is 23.2 Å². The topological polar surface area (TPSA) is 70.2 Å². The Kier molecular flexibility index (Phi) is 16.2. The summed E-state index contributed by atoms with van der Waals surface area (Å²) in [5.74, 6) is -0.853. The van der Waals surface area contributed by atoms with Crippen molar-refractivity contribution in [3.8, 4) is 0 Å². The smallest absolute Gasteiger partial charge is 0.237 e. The number of nitrogens with one attached hydrogen (secondary N) is 3. The molecule has 8 heteroatoms. The van der Waals surface area contributed by atoms with Gasteiger partial charge in [0.2, 0.25) is 12.3 Å². The van der Waals surface area contributed by atoms with Crippen molar-refractivity contribution in [1.29, 1.82) is 0 Å². The van der Waals surface area contributed by atoms with E-state index in [1.54, 1.807) is 19.1 Å². The van der Waals surface area contributed by atoms with Crippen molar-refractivity contribution in [3.05, 3.63) is 70.7 Å². The van der Waals surface area contributed by atoms with Gasteiger partial charge in [0.25, 0.3) is 0 Å². The zero-order valence-electron chi connectivity index (χ0n) is 21.6. The molecule has 35 heavy (non-hydrogen) atoms. The number of carbonyl (C=O) groups excluding carboxylic acids is 2. The summed E-state index contributed by atoms with van der Waals surface area (Å²) in [6, 6.07) is -0.385. The van der Waals surface area contributed by atoms with Gasteiger partial charge in [-0.1, -0.05) is 81.8 Å². The molecule has 196 valence electrons. The first-order valence-electron chi connectivity index (χ1n) is 11.6. The fourth-order valence-electron chi connectivity index (χ4n) is 3.05. The first kappa shape index (κ1) is 32.8. The van der Waals surface area contributed by atoms with Crippen molar-refractivity contribution < 1.29 is 14.0 Å². The van der Waals surface area contributed by atoms with E-state index in [0.717, 1.165) is 0 Å². The second kappa shape index (κ2) is 17.3. The number of likely N-dealkylation sites (N-methyl/N-ethyl adjacent to an activating group) is 1. The van der Waals surface area contributed by atoms with E-state index in [1.165, 1.54) is 18.2 Å². The van der Waals surface area contributed by atoms with Crippen molar-refractivity contribution in [2.75, 3.05) is 13.1 Å². The minimum absolute atomic E-state index is 0.0689. The van der Waals surface area contributed by atoms with Crippen LogP contribution >= 0.6 is 23.2 Å². The van der Waals surface area contributed by atoms with Crippen LogP contribution in [0.5, 0.6) is 0 Å². The third-order valence-corrected chi connectivity index (χ3v) is 5.10. The minimum Gasteiger partial charge on any atom is -0.355 e. The van der Waals surface area contributed by atoms with Crippen LogP contribution < -0.4 is 16.0 Å². The molecule has 0 aromatic carbocycles. The van der Waals surface area contributed by atoms with Crippen LogP contribution in [0.1, 0.15) is 48.0 Å². The number of allylic oxidation sites excluding steroid dienone is 10. The fourth-order valence-corrected chi connectivity index (χ4v) is 3.35. The molecule has 3 N–H and O–H groups in total. The second-order valence-electron chi connectivity index (χ2n) is 9.67. The molecule has 0 aliphatic carbocycles. The molecule has 0 aromatic rings. The maximum Gasteiger partial charge on any atom is 0.237 e. The average molecular weight is 529 g/mol. The quantitative estimate of drug-likeness (QED) is 0.219. The van der Waals surface area contributed by atoms with Crippen LogP contribution in [0.3, 0.4) is 0 Å². The van der Waals surface area contributed by atoms with Crippen molar-refractivity contribution in [2.24, 2.45) is 17.3 Å². The molecule has 0 aromatic heterocycles. The zero-order valence-corrected chi connectivity index (χ0v) is 23.1. The van der Waals surface area contributed by atoms with Gasteiger partial charge in [0.1, 0.15) is 5.83 Å². The number of rotatable bonds is 11. The standard InChI is InChI=1S/C22H28Cl2FN3O2.C5H12/c1-4-17(23)8-6-7-9-18-16(13-27-21(18)22(30)26-5-2)10-11-20(25)19(24)12-15(3)28-14-29;1-5(2,3)4/h4,6-8,10-12,14,16,18,21,27H,1,5,9,13H2,2-3H3,(H,26,30)(H,28,29);1-4H3/b7-6-,11-10+,15-12+,17-8+,20-19-;/t16-,18-,21-;/m1./s1. The van der Waals surface area contributed by atoms with Gasteiger partial charge >= 0.3 is 0 Å². The SMILES string of the molecule is C=C/C(Cl)=C\C=C/C[C@@H]1[C@H](/C=C/C(F)=C(Cl)\C=C(/C)NC=O)CN[C@H]1C(=O)NCC.CC(C)(C)C. The Labute approximate surface area is 220 Å². The molecule has 1 fully saturated rings. The summed E-state index contributed by atoms with van der Waals surface area (Å²) < 4.78 is 14.3. The van der Waals surface area contributed by atoms with Gasteiger partial charge in [-0.05, 0) is 55.7 Å². The zero-order chi connectivity index (χ0) is 27.0. The maximum atomic E-state index is 14.3. The Bertz CT molecular complexity index is 849. The van der Waals surface area contributed by atoms with E-state index in [1.807, 2.05) is 19.1 Å². The highest BCUT2D eigenvalue weighted by Crippen LogP contribution is 2.29. The van der Waals surface area contributed by atoms with Crippen molar-refractivity contribution >= 4 is 35.5 Å². The molecule has 3 atom stereocenters. The number of amides is 2. The molecule has 0 radical (unpaired) electrons. The number of hydrogen-bond donors (Lipinski definition) is 3. The largest absolute Gasteiger partial charge is 0.355 e. The van der Waals surface area contributed by atoms with Crippen molar-refractivity contribution in [1.82, 2.24) is 16.0 Å². The van der Waals surface area contributed by atoms with Crippen LogP contribution in [0.25, 0.3) is 0 Å². The number of carbonyl (C=O) groups is 2. The highest BCUT2D eigenvalue weighted by molar-refractivity contribution is 6.31. The second-order valence-corrected chi connectivity index (χ2v) is 10.5. The van der Waals surface area contributed by atoms with Crippen LogP contribution in [0.2, 0.25) is 0 Å². The predicted octanol–water partition coefficient (Wildman–Crippen LogP) is 6.26. The highest BCUT2D eigenvalue weighted by Gasteiger charge is 2.37. The lowest BCUT2D eigenvalue weighted by Crippen LogP contribution is -2.43. The molecule has 5 nitrogen and oxygen atoms in total. The van der Waals surface area contributed by atoms with Gasteiger partial charge < -0.3 is 16.0 Å². The molecule has 0 bridgehead atoms. The molecule has 1 aliphatic heterocycles. The summed E-state index contributed by atoms with van der Waals surface area (Å²) in [6.07, 6.45) is 12.4. The Hall–Kier alpha value is -2.15. The summed E-state index contributed by atoms with van der Waals surface area (Å²) in [5, 5.41) is 8.84. The summed E-state index contributed by atoms with van der Waals surface area (Å²) in [6.45, 7) is 16.9. The van der Waals surface area contributed by atoms with E-state index in [9.17, 15) is 14.0 Å². The van der Waals surface area contributed by atoms with Crippen LogP contribution in [0.4, 0.5) is 4.39 Å². The van der Waals surface area contributed by atoms with Crippen molar-refractivity contribution in [2.45, 2.75) is 54.0 Å². The van der Waals surface area contributed by atoms with Gasteiger partial charge in [0, 0.05) is 23.8 Å². The monoisotopic (exact) mass is 527 g/mol. The molecule has 1 aliphatic rings. The van der Waals surface area contributed by atoms with Gasteiger partial charge in [-0.2, -0.15) is 0 Å². The van der Waals surface area contributed by atoms with E-state index in [-0.39, 0.29) is 28.8 Å². The Morgan fingerprint density at radius 1 is 1.26 bits per heavy atom. The van der Waals surface area contributed by atoms with Gasteiger partial charge in [-0.25, -0.2) is 4.39 Å². The summed E-state index contributed by atoms with van der Waals surface area (Å²) in [5.41, 5.74) is 0.923. The molecule has 1 heterocycles. The van der Waals surface area contributed by atoms with Gasteiger partial charge in [-0.3, -0.25) is 9.59 Å². The number of hydrogen-bond acceptors (Lipinski definition) is 3. The van der Waals surface area contributed by atoms with Crippen LogP contribution in [-0.2, 0) is 9.59 Å². The highest BCUT2D eigenvalue weighted by atomic mass is 35.5. The summed E-state index contributed by atoms with van der Waals surface area (Å²) >= 11 is 11.8. The molecule has 1 saturated heterocycles. The van der Waals surface area contributed by atoms with Gasteiger partial charge in [0.05, 0.1) is 11.1 Å². The van der Waals surface area contributed by atoms with Crippen LogP contribution in [0.15, 0.2) is 70.7 Å². The maximum absolute atomic E-state index is 14.3. The van der Waals surface area contributed by atoms with Gasteiger partial charge in [0.15, 0.2) is 0 Å². The summed E-state index contributed by atoms with van der Waals surface area (Å²) in [7, 11) is 0. The molecule has 1 rings (SSSR count). The normalized spacial score (nSPS) is 21.9. The number of halogens is 3. The van der Waals surface area contributed by atoms with Crippen molar-refractivity contribution in [3.63, 3.8) is 0 Å². The molecule has 0 saturated carbocycles. The summed E-state index contributed by atoms with van der Waals surface area (Å²) in [4.78, 5) is 22.8. The van der Waals surface area contributed by atoms with E-state index in [0.29, 0.717) is 42.1 Å². The Balaban J connectivity index is 0.00000209. The van der Waals surface area contributed by atoms with Gasteiger partial charge in [-0.15, -0.1) is 0 Å². The lowest BCUT2D eigenvalue weighted by molar-refractivity contribution is -0.123.